The highest BCUT2D eigenvalue weighted by Gasteiger charge is 2.33. The first-order chi connectivity index (χ1) is 5.19. The number of alkyl halides is 3. The van der Waals surface area contributed by atoms with E-state index in [4.69, 9.17) is 0 Å². The molecule has 0 fully saturated rings. The molecule has 0 aromatic heterocycles. The number of hydrogen-bond donors (Lipinski definition) is 0. The van der Waals surface area contributed by atoms with Gasteiger partial charge in [0.25, 0.3) is 0 Å². The van der Waals surface area contributed by atoms with Crippen molar-refractivity contribution in [2.75, 3.05) is 19.3 Å². The fourth-order valence-corrected chi connectivity index (χ4v) is 1.36. The second-order valence-electron chi connectivity index (χ2n) is 2.27. The average Bonchev–Trinajstić information content (AvgIpc) is 1.84. The number of sulfonamides is 1. The highest BCUT2D eigenvalue weighted by Crippen LogP contribution is 2.17. The summed E-state index contributed by atoms with van der Waals surface area (Å²) in [5.41, 5.74) is 0. The molecule has 0 N–H and O–H groups in total. The molecule has 0 atom stereocenters. The predicted molar refractivity (Wildman–Crippen MR) is 38.1 cm³/mol. The van der Waals surface area contributed by atoms with Crippen LogP contribution in [-0.4, -0.2) is 38.2 Å². The lowest BCUT2D eigenvalue weighted by Crippen LogP contribution is -2.36. The molecule has 7 heteroatoms. The molecular weight excluding hydrogens is 195 g/mol. The number of hydrogen-bond acceptors (Lipinski definition) is 2. The van der Waals surface area contributed by atoms with Crippen molar-refractivity contribution < 1.29 is 21.6 Å². The van der Waals surface area contributed by atoms with Gasteiger partial charge >= 0.3 is 6.18 Å². The summed E-state index contributed by atoms with van der Waals surface area (Å²) in [6.45, 7) is -0.134. The first kappa shape index (κ1) is 11.7. The van der Waals surface area contributed by atoms with Gasteiger partial charge in [-0.15, -0.1) is 0 Å². The van der Waals surface area contributed by atoms with Crippen LogP contribution in [0.1, 0.15) is 6.92 Å². The maximum absolute atomic E-state index is 11.7. The van der Waals surface area contributed by atoms with Crippen LogP contribution in [0.2, 0.25) is 0 Å². The van der Waals surface area contributed by atoms with Gasteiger partial charge in [-0.05, 0) is 6.92 Å². The molecule has 0 amide bonds. The van der Waals surface area contributed by atoms with Crippen LogP contribution in [-0.2, 0) is 10.0 Å². The Morgan fingerprint density at radius 2 is 1.75 bits per heavy atom. The molecule has 0 aromatic rings. The fraction of sp³-hybridized carbons (Fsp3) is 1.00. The first-order valence-corrected chi connectivity index (χ1v) is 4.80. The summed E-state index contributed by atoms with van der Waals surface area (Å²) in [6, 6.07) is 0. The Kier molecular flexibility index (Phi) is 3.52. The first-order valence-electron chi connectivity index (χ1n) is 3.20. The SMILES string of the molecule is CCS(=O)(=O)N(C)CC(F)(F)F. The third kappa shape index (κ3) is 3.91. The number of nitrogens with zero attached hydrogens (tertiary/aromatic N) is 1. The van der Waals surface area contributed by atoms with Crippen molar-refractivity contribution in [2.45, 2.75) is 13.1 Å². The van der Waals surface area contributed by atoms with Crippen LogP contribution < -0.4 is 0 Å². The van der Waals surface area contributed by atoms with E-state index in [0.717, 1.165) is 7.05 Å². The number of rotatable bonds is 3. The second-order valence-corrected chi connectivity index (χ2v) is 4.64. The standard InChI is InChI=1S/C5H10F3NO2S/c1-3-12(10,11)9(2)4-5(6,7)8/h3-4H2,1-2H3. The summed E-state index contributed by atoms with van der Waals surface area (Å²) < 4.78 is 56.9. The zero-order valence-electron chi connectivity index (χ0n) is 6.72. The van der Waals surface area contributed by atoms with Crippen molar-refractivity contribution in [1.29, 1.82) is 0 Å². The predicted octanol–water partition coefficient (Wildman–Crippen LogP) is 0.830. The molecule has 0 aliphatic rings. The van der Waals surface area contributed by atoms with E-state index in [1.54, 1.807) is 0 Å². The third-order valence-electron chi connectivity index (χ3n) is 1.24. The molecule has 12 heavy (non-hydrogen) atoms. The van der Waals surface area contributed by atoms with E-state index < -0.39 is 22.7 Å². The summed E-state index contributed by atoms with van der Waals surface area (Å²) in [7, 11) is -2.81. The molecule has 0 spiro atoms. The van der Waals surface area contributed by atoms with E-state index in [0.29, 0.717) is 4.31 Å². The molecular formula is C5H10F3NO2S. The van der Waals surface area contributed by atoms with Gasteiger partial charge in [0.05, 0.1) is 5.75 Å². The van der Waals surface area contributed by atoms with Gasteiger partial charge in [-0.3, -0.25) is 0 Å². The van der Waals surface area contributed by atoms with Crippen molar-refractivity contribution in [3.63, 3.8) is 0 Å². The lowest BCUT2D eigenvalue weighted by Gasteiger charge is -2.17. The molecule has 0 aliphatic carbocycles. The van der Waals surface area contributed by atoms with Gasteiger partial charge < -0.3 is 0 Å². The number of halogens is 3. The van der Waals surface area contributed by atoms with Crippen molar-refractivity contribution in [1.82, 2.24) is 4.31 Å². The van der Waals surface area contributed by atoms with Crippen molar-refractivity contribution in [3.8, 4) is 0 Å². The Morgan fingerprint density at radius 3 is 2.00 bits per heavy atom. The van der Waals surface area contributed by atoms with E-state index in [2.05, 4.69) is 0 Å². The lowest BCUT2D eigenvalue weighted by atomic mass is 10.6. The Hall–Kier alpha value is -0.300. The minimum Gasteiger partial charge on any atom is -0.212 e. The zero-order valence-corrected chi connectivity index (χ0v) is 7.54. The van der Waals surface area contributed by atoms with Gasteiger partial charge in [0.2, 0.25) is 10.0 Å². The van der Waals surface area contributed by atoms with Crippen LogP contribution in [0, 0.1) is 0 Å². The van der Waals surface area contributed by atoms with E-state index in [1.165, 1.54) is 6.92 Å². The fourth-order valence-electron chi connectivity index (χ4n) is 0.571. The lowest BCUT2D eigenvalue weighted by molar-refractivity contribution is -0.134. The van der Waals surface area contributed by atoms with Crippen molar-refractivity contribution in [2.24, 2.45) is 0 Å². The van der Waals surface area contributed by atoms with Gasteiger partial charge in [0.15, 0.2) is 0 Å². The van der Waals surface area contributed by atoms with Crippen LogP contribution in [0.25, 0.3) is 0 Å². The van der Waals surface area contributed by atoms with Gasteiger partial charge in [-0.1, -0.05) is 0 Å². The van der Waals surface area contributed by atoms with Gasteiger partial charge in [-0.2, -0.15) is 17.5 Å². The highest BCUT2D eigenvalue weighted by molar-refractivity contribution is 7.89. The molecule has 0 unspecified atom stereocenters. The molecule has 0 heterocycles. The Bertz CT molecular complexity index is 234. The van der Waals surface area contributed by atoms with Gasteiger partial charge in [0, 0.05) is 7.05 Å². The highest BCUT2D eigenvalue weighted by atomic mass is 32.2. The zero-order chi connectivity index (χ0) is 9.99. The van der Waals surface area contributed by atoms with Crippen LogP contribution in [0.3, 0.4) is 0 Å². The summed E-state index contributed by atoms with van der Waals surface area (Å²) in [5.74, 6) is -0.320. The van der Waals surface area contributed by atoms with E-state index in [-0.39, 0.29) is 5.75 Å². The molecule has 0 rings (SSSR count). The maximum atomic E-state index is 11.7. The summed E-state index contributed by atoms with van der Waals surface area (Å²) >= 11 is 0. The van der Waals surface area contributed by atoms with Gasteiger partial charge in [-0.25, -0.2) is 8.42 Å². The molecule has 74 valence electrons. The molecule has 0 saturated carbocycles. The Labute approximate surface area is 69.2 Å². The molecule has 0 aromatic carbocycles. The van der Waals surface area contributed by atoms with Gasteiger partial charge in [0.1, 0.15) is 6.54 Å². The molecule has 0 radical (unpaired) electrons. The Morgan fingerprint density at radius 1 is 1.33 bits per heavy atom. The van der Waals surface area contributed by atoms with E-state index in [1.807, 2.05) is 0 Å². The minimum absolute atomic E-state index is 0.299. The largest absolute Gasteiger partial charge is 0.402 e. The van der Waals surface area contributed by atoms with Crippen LogP contribution in [0.4, 0.5) is 13.2 Å². The van der Waals surface area contributed by atoms with Crippen LogP contribution >= 0.6 is 0 Å². The summed E-state index contributed by atoms with van der Waals surface area (Å²) in [6.07, 6.45) is -4.48. The summed E-state index contributed by atoms with van der Waals surface area (Å²) in [5, 5.41) is 0. The average molecular weight is 205 g/mol. The van der Waals surface area contributed by atoms with E-state index >= 15 is 0 Å². The Balaban J connectivity index is 4.34. The third-order valence-corrected chi connectivity index (χ3v) is 3.05. The minimum atomic E-state index is -4.48. The molecule has 3 nitrogen and oxygen atoms in total. The second kappa shape index (κ2) is 3.61. The normalized spacial score (nSPS) is 13.8. The van der Waals surface area contributed by atoms with E-state index in [9.17, 15) is 21.6 Å². The monoisotopic (exact) mass is 205 g/mol. The van der Waals surface area contributed by atoms with Crippen LogP contribution in [0.5, 0.6) is 0 Å². The molecule has 0 bridgehead atoms. The summed E-state index contributed by atoms with van der Waals surface area (Å²) in [4.78, 5) is 0. The quantitative estimate of drug-likeness (QED) is 0.684. The maximum Gasteiger partial charge on any atom is 0.402 e. The topological polar surface area (TPSA) is 37.4 Å². The smallest absolute Gasteiger partial charge is 0.212 e. The van der Waals surface area contributed by atoms with Crippen molar-refractivity contribution >= 4 is 10.0 Å². The molecule has 0 saturated heterocycles. The molecule has 0 aliphatic heterocycles. The van der Waals surface area contributed by atoms with Crippen LogP contribution in [0.15, 0.2) is 0 Å². The van der Waals surface area contributed by atoms with Crippen molar-refractivity contribution in [3.05, 3.63) is 0 Å².